The number of amides is 1. The highest BCUT2D eigenvalue weighted by Crippen LogP contribution is 2.21. The normalized spacial score (nSPS) is 20.1. The molecule has 1 fully saturated rings. The minimum Gasteiger partial charge on any atom is -0.334 e. The van der Waals surface area contributed by atoms with Gasteiger partial charge in [-0.15, -0.1) is 11.6 Å². The van der Waals surface area contributed by atoms with Crippen molar-refractivity contribution in [3.05, 3.63) is 35.6 Å². The first-order chi connectivity index (χ1) is 7.74. The summed E-state index contributed by atoms with van der Waals surface area (Å²) in [5, 5.41) is 0. The minimum atomic E-state index is -0.465. The van der Waals surface area contributed by atoms with E-state index in [-0.39, 0.29) is 17.5 Å². The lowest BCUT2D eigenvalue weighted by Gasteiger charge is -2.23. The highest BCUT2D eigenvalue weighted by molar-refractivity contribution is 6.18. The van der Waals surface area contributed by atoms with Crippen LogP contribution in [0.1, 0.15) is 23.2 Å². The van der Waals surface area contributed by atoms with Gasteiger partial charge in [-0.05, 0) is 25.0 Å². The van der Waals surface area contributed by atoms with Gasteiger partial charge in [0, 0.05) is 18.5 Å². The number of alkyl halides is 1. The smallest absolute Gasteiger partial charge is 0.257 e. The molecule has 0 saturated carbocycles. The number of rotatable bonds is 2. The summed E-state index contributed by atoms with van der Waals surface area (Å²) >= 11 is 5.79. The molecule has 1 aromatic carbocycles. The van der Waals surface area contributed by atoms with Gasteiger partial charge in [-0.3, -0.25) is 4.79 Å². The monoisotopic (exact) mass is 241 g/mol. The summed E-state index contributed by atoms with van der Waals surface area (Å²) in [4.78, 5) is 13.7. The Morgan fingerprint density at radius 1 is 1.50 bits per heavy atom. The molecule has 2 nitrogen and oxygen atoms in total. The summed E-state index contributed by atoms with van der Waals surface area (Å²) in [6.07, 6.45) is 1.85. The van der Waals surface area contributed by atoms with E-state index in [1.807, 2.05) is 0 Å². The van der Waals surface area contributed by atoms with Crippen molar-refractivity contribution >= 4 is 17.5 Å². The van der Waals surface area contributed by atoms with Crippen LogP contribution in [0.2, 0.25) is 0 Å². The molecule has 1 aromatic rings. The van der Waals surface area contributed by atoms with Crippen LogP contribution in [0.3, 0.4) is 0 Å². The molecule has 0 radical (unpaired) electrons. The average molecular weight is 242 g/mol. The molecular weight excluding hydrogens is 229 g/mol. The van der Waals surface area contributed by atoms with Crippen LogP contribution in [0.4, 0.5) is 4.39 Å². The maximum atomic E-state index is 13.4. The molecule has 1 unspecified atom stereocenters. The molecule has 1 amide bonds. The third kappa shape index (κ3) is 2.05. The van der Waals surface area contributed by atoms with E-state index in [4.69, 9.17) is 11.6 Å². The molecule has 1 heterocycles. The van der Waals surface area contributed by atoms with Crippen LogP contribution in [0.25, 0.3) is 0 Å². The number of halogens is 2. The first kappa shape index (κ1) is 11.4. The molecule has 86 valence electrons. The maximum Gasteiger partial charge on any atom is 0.257 e. The van der Waals surface area contributed by atoms with Crippen molar-refractivity contribution < 1.29 is 9.18 Å². The van der Waals surface area contributed by atoms with Crippen molar-refractivity contribution in [1.82, 2.24) is 4.90 Å². The van der Waals surface area contributed by atoms with Gasteiger partial charge in [-0.25, -0.2) is 4.39 Å². The molecule has 1 aliphatic rings. The van der Waals surface area contributed by atoms with Gasteiger partial charge in [0.05, 0.1) is 5.56 Å². The Labute approximate surface area is 99.0 Å². The van der Waals surface area contributed by atoms with Gasteiger partial charge in [0.15, 0.2) is 0 Å². The third-order valence-electron chi connectivity index (χ3n) is 2.92. The van der Waals surface area contributed by atoms with E-state index in [2.05, 4.69) is 0 Å². The second kappa shape index (κ2) is 4.83. The summed E-state index contributed by atoms with van der Waals surface area (Å²) < 4.78 is 13.4. The Kier molecular flexibility index (Phi) is 3.44. The standard InChI is InChI=1S/C12H13ClFNO/c13-8-9-4-3-7-15(9)12(16)10-5-1-2-6-11(10)14/h1-2,5-6,9H,3-4,7-8H2. The fourth-order valence-corrected chi connectivity index (χ4v) is 2.37. The van der Waals surface area contributed by atoms with E-state index >= 15 is 0 Å². The molecular formula is C12H13ClFNO. The zero-order valence-electron chi connectivity index (χ0n) is 8.83. The van der Waals surface area contributed by atoms with Crippen LogP contribution in [0.5, 0.6) is 0 Å². The van der Waals surface area contributed by atoms with Crippen molar-refractivity contribution in [1.29, 1.82) is 0 Å². The largest absolute Gasteiger partial charge is 0.334 e. The zero-order chi connectivity index (χ0) is 11.5. The molecule has 0 spiro atoms. The predicted octanol–water partition coefficient (Wildman–Crippen LogP) is 2.67. The van der Waals surface area contributed by atoms with Gasteiger partial charge in [-0.1, -0.05) is 12.1 Å². The van der Waals surface area contributed by atoms with Crippen molar-refractivity contribution in [3.63, 3.8) is 0 Å². The minimum absolute atomic E-state index is 0.0498. The first-order valence-corrected chi connectivity index (χ1v) is 5.89. The topological polar surface area (TPSA) is 20.3 Å². The van der Waals surface area contributed by atoms with E-state index in [0.29, 0.717) is 12.4 Å². The zero-order valence-corrected chi connectivity index (χ0v) is 9.58. The molecule has 0 N–H and O–H groups in total. The predicted molar refractivity (Wildman–Crippen MR) is 61.2 cm³/mol. The molecule has 2 rings (SSSR count). The Hall–Kier alpha value is -1.09. The molecule has 0 aromatic heterocycles. The lowest BCUT2D eigenvalue weighted by atomic mass is 10.1. The lowest BCUT2D eigenvalue weighted by Crippen LogP contribution is -2.36. The third-order valence-corrected chi connectivity index (χ3v) is 3.28. The summed E-state index contributed by atoms with van der Waals surface area (Å²) in [7, 11) is 0. The Balaban J connectivity index is 2.22. The quantitative estimate of drug-likeness (QED) is 0.729. The molecule has 0 aliphatic carbocycles. The Morgan fingerprint density at radius 2 is 2.25 bits per heavy atom. The van der Waals surface area contributed by atoms with Crippen LogP contribution >= 0.6 is 11.6 Å². The number of likely N-dealkylation sites (tertiary alicyclic amines) is 1. The van der Waals surface area contributed by atoms with Gasteiger partial charge in [0.2, 0.25) is 0 Å². The summed E-state index contributed by atoms with van der Waals surface area (Å²) in [6.45, 7) is 0.671. The fraction of sp³-hybridized carbons (Fsp3) is 0.417. The molecule has 1 saturated heterocycles. The maximum absolute atomic E-state index is 13.4. The Morgan fingerprint density at radius 3 is 2.94 bits per heavy atom. The highest BCUT2D eigenvalue weighted by atomic mass is 35.5. The van der Waals surface area contributed by atoms with E-state index in [0.717, 1.165) is 12.8 Å². The van der Waals surface area contributed by atoms with Gasteiger partial charge >= 0.3 is 0 Å². The van der Waals surface area contributed by atoms with Gasteiger partial charge < -0.3 is 4.90 Å². The van der Waals surface area contributed by atoms with Gasteiger partial charge in [-0.2, -0.15) is 0 Å². The molecule has 16 heavy (non-hydrogen) atoms. The van der Waals surface area contributed by atoms with Crippen LogP contribution in [-0.4, -0.2) is 29.3 Å². The van der Waals surface area contributed by atoms with Crippen LogP contribution in [0.15, 0.2) is 24.3 Å². The van der Waals surface area contributed by atoms with Crippen molar-refractivity contribution in [2.24, 2.45) is 0 Å². The summed E-state index contributed by atoms with van der Waals surface area (Å²) in [5.41, 5.74) is 0.138. The number of hydrogen-bond acceptors (Lipinski definition) is 1. The van der Waals surface area contributed by atoms with Crippen LogP contribution in [0, 0.1) is 5.82 Å². The van der Waals surface area contributed by atoms with Crippen molar-refractivity contribution in [2.45, 2.75) is 18.9 Å². The lowest BCUT2D eigenvalue weighted by molar-refractivity contribution is 0.0744. The van der Waals surface area contributed by atoms with E-state index in [9.17, 15) is 9.18 Å². The second-order valence-corrected chi connectivity index (χ2v) is 4.24. The number of benzene rings is 1. The van der Waals surface area contributed by atoms with Crippen molar-refractivity contribution in [2.75, 3.05) is 12.4 Å². The van der Waals surface area contributed by atoms with Crippen molar-refractivity contribution in [3.8, 4) is 0 Å². The Bertz CT molecular complexity index is 396. The molecule has 0 bridgehead atoms. The first-order valence-electron chi connectivity index (χ1n) is 5.35. The van der Waals surface area contributed by atoms with E-state index in [1.54, 1.807) is 17.0 Å². The number of carbonyl (C=O) groups excluding carboxylic acids is 1. The number of nitrogens with zero attached hydrogens (tertiary/aromatic N) is 1. The fourth-order valence-electron chi connectivity index (χ4n) is 2.05. The molecule has 4 heteroatoms. The summed E-state index contributed by atoms with van der Waals surface area (Å²) in [5.74, 6) is -0.297. The highest BCUT2D eigenvalue weighted by Gasteiger charge is 2.29. The SMILES string of the molecule is O=C(c1ccccc1F)N1CCCC1CCl. The van der Waals surface area contributed by atoms with E-state index in [1.165, 1.54) is 12.1 Å². The second-order valence-electron chi connectivity index (χ2n) is 3.93. The number of hydrogen-bond donors (Lipinski definition) is 0. The van der Waals surface area contributed by atoms with Gasteiger partial charge in [0.25, 0.3) is 5.91 Å². The molecule has 1 atom stereocenters. The summed E-state index contributed by atoms with van der Waals surface area (Å²) in [6, 6.07) is 6.12. The van der Waals surface area contributed by atoms with Gasteiger partial charge in [0.1, 0.15) is 5.82 Å². The van der Waals surface area contributed by atoms with Crippen LogP contribution in [-0.2, 0) is 0 Å². The van der Waals surface area contributed by atoms with E-state index < -0.39 is 5.82 Å². The average Bonchev–Trinajstić information content (AvgIpc) is 2.77. The number of carbonyl (C=O) groups is 1. The van der Waals surface area contributed by atoms with Crippen LogP contribution < -0.4 is 0 Å². The molecule has 1 aliphatic heterocycles.